The van der Waals surface area contributed by atoms with Crippen LogP contribution in [0.4, 0.5) is 5.95 Å². The number of carbonyl (C=O) groups excluding carboxylic acids is 1. The molecule has 0 atom stereocenters. The Morgan fingerprint density at radius 3 is 3.00 bits per heavy atom. The minimum atomic E-state index is -0.493. The quantitative estimate of drug-likeness (QED) is 0.635. The Morgan fingerprint density at radius 1 is 1.62 bits per heavy atom. The lowest BCUT2D eigenvalue weighted by Gasteiger charge is -1.95. The predicted octanol–water partition coefficient (Wildman–Crippen LogP) is -0.463. The number of rotatable bonds is 1. The van der Waals surface area contributed by atoms with Crippen molar-refractivity contribution in [3.63, 3.8) is 0 Å². The van der Waals surface area contributed by atoms with Crippen molar-refractivity contribution in [1.29, 1.82) is 0 Å². The van der Waals surface area contributed by atoms with Crippen LogP contribution in [0.15, 0.2) is 23.1 Å². The van der Waals surface area contributed by atoms with Gasteiger partial charge in [-0.25, -0.2) is 0 Å². The first-order valence-electron chi connectivity index (χ1n) is 3.40. The van der Waals surface area contributed by atoms with Crippen molar-refractivity contribution in [2.24, 2.45) is 0 Å². The predicted molar refractivity (Wildman–Crippen MR) is 40.7 cm³/mol. The highest BCUT2D eigenvalue weighted by Crippen LogP contribution is 2.03. The highest BCUT2D eigenvalue weighted by molar-refractivity contribution is 5.93. The second kappa shape index (κ2) is 2.70. The number of hydrogen-bond acceptors (Lipinski definition) is 6. The van der Waals surface area contributed by atoms with E-state index in [2.05, 4.69) is 19.8 Å². The average Bonchev–Trinajstić information content (AvgIpc) is 2.72. The maximum Gasteiger partial charge on any atom is 0.319 e. The molecule has 2 N–H and O–H groups in total. The van der Waals surface area contributed by atoms with Crippen molar-refractivity contribution < 1.29 is 9.32 Å². The van der Waals surface area contributed by atoms with Gasteiger partial charge in [-0.3, -0.25) is 4.79 Å². The number of nitrogens with two attached hydrogens (primary N) is 1. The molecule has 0 spiro atoms. The summed E-state index contributed by atoms with van der Waals surface area (Å²) in [6.45, 7) is 0. The highest BCUT2D eigenvalue weighted by atomic mass is 16.5. The van der Waals surface area contributed by atoms with E-state index in [1.807, 2.05) is 0 Å². The van der Waals surface area contributed by atoms with E-state index >= 15 is 0 Å². The van der Waals surface area contributed by atoms with Crippen LogP contribution in [0.5, 0.6) is 0 Å². The Balaban J connectivity index is 2.39. The summed E-state index contributed by atoms with van der Waals surface area (Å²) >= 11 is 0. The number of aromatic nitrogens is 4. The molecule has 0 amide bonds. The van der Waals surface area contributed by atoms with Crippen molar-refractivity contribution in [3.05, 3.63) is 24.4 Å². The molecule has 0 unspecified atom stereocenters. The maximum atomic E-state index is 11.4. The molecule has 0 bridgehead atoms. The van der Waals surface area contributed by atoms with E-state index < -0.39 is 5.91 Å². The Hall–Kier alpha value is -2.18. The molecular formula is C6H5N5O2. The summed E-state index contributed by atoms with van der Waals surface area (Å²) in [6, 6.07) is 1.42. The van der Waals surface area contributed by atoms with Crippen molar-refractivity contribution in [2.75, 3.05) is 5.73 Å². The van der Waals surface area contributed by atoms with E-state index in [-0.39, 0.29) is 11.7 Å². The van der Waals surface area contributed by atoms with Gasteiger partial charge in [0.1, 0.15) is 6.33 Å². The van der Waals surface area contributed by atoms with Gasteiger partial charge in [-0.05, 0) is 0 Å². The molecule has 0 saturated heterocycles. The van der Waals surface area contributed by atoms with Gasteiger partial charge in [-0.2, -0.15) is 9.67 Å². The molecule has 2 aromatic heterocycles. The summed E-state index contributed by atoms with van der Waals surface area (Å²) in [5, 5.41) is 7.00. The molecule has 0 saturated carbocycles. The molecular weight excluding hydrogens is 174 g/mol. The number of hydrogen-bond donors (Lipinski definition) is 1. The van der Waals surface area contributed by atoms with E-state index in [0.29, 0.717) is 0 Å². The molecule has 13 heavy (non-hydrogen) atoms. The first-order chi connectivity index (χ1) is 6.29. The maximum absolute atomic E-state index is 11.4. The van der Waals surface area contributed by atoms with Crippen molar-refractivity contribution in [1.82, 2.24) is 19.9 Å². The molecule has 0 radical (unpaired) electrons. The minimum absolute atomic E-state index is 0.0152. The van der Waals surface area contributed by atoms with Crippen LogP contribution in [0.25, 0.3) is 0 Å². The van der Waals surface area contributed by atoms with E-state index in [1.165, 1.54) is 18.6 Å². The van der Waals surface area contributed by atoms with Gasteiger partial charge >= 0.3 is 5.91 Å². The molecule has 0 aromatic carbocycles. The van der Waals surface area contributed by atoms with Crippen molar-refractivity contribution in [3.8, 4) is 0 Å². The molecule has 0 aliphatic carbocycles. The van der Waals surface area contributed by atoms with E-state index in [9.17, 15) is 4.79 Å². The van der Waals surface area contributed by atoms with Crippen molar-refractivity contribution >= 4 is 11.9 Å². The molecule has 2 aromatic rings. The third-order valence-electron chi connectivity index (χ3n) is 1.42. The van der Waals surface area contributed by atoms with Crippen LogP contribution >= 0.6 is 0 Å². The van der Waals surface area contributed by atoms with Crippen LogP contribution in [-0.4, -0.2) is 25.8 Å². The average molecular weight is 179 g/mol. The molecule has 0 aliphatic heterocycles. The standard InChI is InChI=1S/C6H5N5O2/c7-6-8-3-9-11(6)5(12)4-1-2-10-13-4/h1-3H,(H2,7,8,9). The van der Waals surface area contributed by atoms with Crippen LogP contribution in [0, 0.1) is 0 Å². The fourth-order valence-electron chi connectivity index (χ4n) is 0.837. The molecule has 2 heterocycles. The summed E-state index contributed by atoms with van der Waals surface area (Å²) in [7, 11) is 0. The minimum Gasteiger partial charge on any atom is -0.368 e. The summed E-state index contributed by atoms with van der Waals surface area (Å²) in [5.74, 6) is -0.411. The van der Waals surface area contributed by atoms with Gasteiger partial charge in [0.25, 0.3) is 0 Å². The zero-order chi connectivity index (χ0) is 9.26. The van der Waals surface area contributed by atoms with Crippen LogP contribution in [0.1, 0.15) is 10.6 Å². The van der Waals surface area contributed by atoms with E-state index in [4.69, 9.17) is 5.73 Å². The second-order valence-electron chi connectivity index (χ2n) is 2.21. The summed E-state index contributed by atoms with van der Waals surface area (Å²) in [4.78, 5) is 15.0. The number of nitrogen functional groups attached to an aromatic ring is 1. The van der Waals surface area contributed by atoms with Gasteiger partial charge < -0.3 is 10.3 Å². The van der Waals surface area contributed by atoms with Gasteiger partial charge in [0.05, 0.1) is 6.20 Å². The number of carbonyl (C=O) groups is 1. The molecule has 66 valence electrons. The van der Waals surface area contributed by atoms with E-state index in [1.54, 1.807) is 0 Å². The molecule has 7 nitrogen and oxygen atoms in total. The third-order valence-corrected chi connectivity index (χ3v) is 1.42. The van der Waals surface area contributed by atoms with Gasteiger partial charge in [-0.1, -0.05) is 5.16 Å². The second-order valence-corrected chi connectivity index (χ2v) is 2.21. The first-order valence-corrected chi connectivity index (χ1v) is 3.40. The van der Waals surface area contributed by atoms with Crippen LogP contribution in [-0.2, 0) is 0 Å². The van der Waals surface area contributed by atoms with Gasteiger partial charge in [0.15, 0.2) is 0 Å². The fourth-order valence-corrected chi connectivity index (χ4v) is 0.837. The van der Waals surface area contributed by atoms with Gasteiger partial charge in [-0.15, -0.1) is 5.10 Å². The summed E-state index contributed by atoms with van der Waals surface area (Å²) in [5.41, 5.74) is 5.35. The lowest BCUT2D eigenvalue weighted by Crippen LogP contribution is -2.15. The van der Waals surface area contributed by atoms with Crippen LogP contribution in [0.2, 0.25) is 0 Å². The third kappa shape index (κ3) is 1.15. The Labute approximate surface area is 72.1 Å². The SMILES string of the molecule is Nc1ncnn1C(=O)c1ccno1. The zero-order valence-corrected chi connectivity index (χ0v) is 6.41. The van der Waals surface area contributed by atoms with Gasteiger partial charge in [0.2, 0.25) is 11.7 Å². The number of nitrogens with zero attached hydrogens (tertiary/aromatic N) is 4. The number of anilines is 1. The normalized spacial score (nSPS) is 10.2. The lowest BCUT2D eigenvalue weighted by atomic mass is 10.4. The van der Waals surface area contributed by atoms with E-state index in [0.717, 1.165) is 4.68 Å². The largest absolute Gasteiger partial charge is 0.368 e. The molecule has 0 fully saturated rings. The highest BCUT2D eigenvalue weighted by Gasteiger charge is 2.15. The van der Waals surface area contributed by atoms with Gasteiger partial charge in [0, 0.05) is 6.07 Å². The smallest absolute Gasteiger partial charge is 0.319 e. The zero-order valence-electron chi connectivity index (χ0n) is 6.41. The van der Waals surface area contributed by atoms with Crippen LogP contribution < -0.4 is 5.73 Å². The summed E-state index contributed by atoms with van der Waals surface area (Å²) < 4.78 is 5.56. The fraction of sp³-hybridized carbons (Fsp3) is 0. The Bertz CT molecular complexity index is 418. The Morgan fingerprint density at radius 2 is 2.46 bits per heavy atom. The molecule has 7 heteroatoms. The van der Waals surface area contributed by atoms with Crippen molar-refractivity contribution in [2.45, 2.75) is 0 Å². The Kier molecular flexibility index (Phi) is 1.55. The molecule has 0 aliphatic rings. The molecule has 2 rings (SSSR count). The monoisotopic (exact) mass is 179 g/mol. The topological polar surface area (TPSA) is 99.8 Å². The first kappa shape index (κ1) is 7.47. The lowest BCUT2D eigenvalue weighted by molar-refractivity contribution is 0.0910. The summed E-state index contributed by atoms with van der Waals surface area (Å²) in [6.07, 6.45) is 2.55. The van der Waals surface area contributed by atoms with Crippen LogP contribution in [0.3, 0.4) is 0 Å².